The van der Waals surface area contributed by atoms with Gasteiger partial charge in [0.15, 0.2) is 0 Å². The summed E-state index contributed by atoms with van der Waals surface area (Å²) in [5.74, 6) is -0.447. The minimum atomic E-state index is -0.447. The molecule has 98 valence electrons. The van der Waals surface area contributed by atoms with Crippen molar-refractivity contribution in [2.75, 3.05) is 5.32 Å². The van der Waals surface area contributed by atoms with E-state index < -0.39 is 11.8 Å². The lowest BCUT2D eigenvalue weighted by Crippen LogP contribution is -2.64. The number of hydrogen-bond acceptors (Lipinski definition) is 2. The van der Waals surface area contributed by atoms with Crippen LogP contribution < -0.4 is 16.4 Å². The minimum absolute atomic E-state index is 0.0271. The van der Waals surface area contributed by atoms with E-state index in [9.17, 15) is 9.18 Å². The first-order chi connectivity index (χ1) is 8.41. The molecular formula is C13H18FN3O. The highest BCUT2D eigenvalue weighted by Gasteiger charge is 2.46. The molecule has 1 saturated carbocycles. The van der Waals surface area contributed by atoms with Crippen molar-refractivity contribution >= 4 is 11.7 Å². The molecular weight excluding hydrogens is 233 g/mol. The Morgan fingerprint density at radius 1 is 1.44 bits per heavy atom. The van der Waals surface area contributed by atoms with E-state index in [1.165, 1.54) is 12.1 Å². The summed E-state index contributed by atoms with van der Waals surface area (Å²) in [6, 6.07) is 5.79. The van der Waals surface area contributed by atoms with Crippen LogP contribution in [-0.2, 0) is 0 Å². The van der Waals surface area contributed by atoms with Crippen LogP contribution in [-0.4, -0.2) is 18.1 Å². The molecule has 1 aromatic carbocycles. The van der Waals surface area contributed by atoms with Crippen LogP contribution in [0.25, 0.3) is 0 Å². The van der Waals surface area contributed by atoms with E-state index in [1.807, 2.05) is 13.8 Å². The molecule has 2 amide bonds. The lowest BCUT2D eigenvalue weighted by Gasteiger charge is -2.50. The highest BCUT2D eigenvalue weighted by molar-refractivity contribution is 5.89. The summed E-state index contributed by atoms with van der Waals surface area (Å²) >= 11 is 0. The van der Waals surface area contributed by atoms with Crippen molar-refractivity contribution in [2.45, 2.75) is 32.4 Å². The van der Waals surface area contributed by atoms with Crippen molar-refractivity contribution < 1.29 is 9.18 Å². The molecule has 5 heteroatoms. The van der Waals surface area contributed by atoms with Crippen LogP contribution in [0.15, 0.2) is 24.3 Å². The zero-order valence-electron chi connectivity index (χ0n) is 10.5. The monoisotopic (exact) mass is 251 g/mol. The van der Waals surface area contributed by atoms with Crippen molar-refractivity contribution in [2.24, 2.45) is 11.1 Å². The van der Waals surface area contributed by atoms with Gasteiger partial charge < -0.3 is 16.4 Å². The molecule has 0 saturated heterocycles. The van der Waals surface area contributed by atoms with E-state index in [-0.39, 0.29) is 23.2 Å². The van der Waals surface area contributed by atoms with Gasteiger partial charge in [-0.15, -0.1) is 0 Å². The van der Waals surface area contributed by atoms with Crippen LogP contribution in [0, 0.1) is 11.2 Å². The maximum absolute atomic E-state index is 13.3. The third kappa shape index (κ3) is 2.31. The van der Waals surface area contributed by atoms with Gasteiger partial charge in [0, 0.05) is 17.5 Å². The summed E-state index contributed by atoms with van der Waals surface area (Å²) in [5.41, 5.74) is 5.93. The van der Waals surface area contributed by atoms with Crippen molar-refractivity contribution in [3.8, 4) is 0 Å². The average molecular weight is 251 g/mol. The molecule has 18 heavy (non-hydrogen) atoms. The average Bonchev–Trinajstić information content (AvgIpc) is 2.32. The molecule has 2 unspecified atom stereocenters. The molecule has 0 heterocycles. The molecule has 1 aromatic rings. The zero-order chi connectivity index (χ0) is 13.3. The summed E-state index contributed by atoms with van der Waals surface area (Å²) in [6.45, 7) is 4.02. The van der Waals surface area contributed by atoms with Gasteiger partial charge in [-0.3, -0.25) is 0 Å². The molecule has 2 atom stereocenters. The maximum atomic E-state index is 13.3. The third-order valence-electron chi connectivity index (χ3n) is 3.77. The number of urea groups is 1. The fourth-order valence-corrected chi connectivity index (χ4v) is 2.08. The second kappa shape index (κ2) is 4.57. The molecule has 4 nitrogen and oxygen atoms in total. The smallest absolute Gasteiger partial charge is 0.319 e. The summed E-state index contributed by atoms with van der Waals surface area (Å²) in [5, 5.41) is 5.31. The Bertz CT molecular complexity index is 461. The number of amides is 2. The van der Waals surface area contributed by atoms with E-state index in [0.29, 0.717) is 0 Å². The van der Waals surface area contributed by atoms with E-state index >= 15 is 0 Å². The first kappa shape index (κ1) is 12.8. The van der Waals surface area contributed by atoms with Gasteiger partial charge in [0.2, 0.25) is 0 Å². The van der Waals surface area contributed by atoms with Crippen molar-refractivity contribution in [1.29, 1.82) is 0 Å². The zero-order valence-corrected chi connectivity index (χ0v) is 10.5. The molecule has 0 aliphatic heterocycles. The predicted octanol–water partition coefficient (Wildman–Crippen LogP) is 2.07. The second-order valence-electron chi connectivity index (χ2n) is 5.29. The number of carbonyl (C=O) groups excluding carboxylic acids is 1. The molecule has 2 rings (SSSR count). The number of nitrogens with two attached hydrogens (primary N) is 1. The van der Waals surface area contributed by atoms with Gasteiger partial charge in [-0.25, -0.2) is 9.18 Å². The lowest BCUT2D eigenvalue weighted by atomic mass is 9.63. The van der Waals surface area contributed by atoms with Gasteiger partial charge in [-0.05, 0) is 18.6 Å². The van der Waals surface area contributed by atoms with Crippen LogP contribution in [0.2, 0.25) is 0 Å². The number of para-hydroxylation sites is 1. The Kier molecular flexibility index (Phi) is 3.26. The van der Waals surface area contributed by atoms with Crippen LogP contribution >= 0.6 is 0 Å². The molecule has 0 aromatic heterocycles. The van der Waals surface area contributed by atoms with Crippen LogP contribution in [0.5, 0.6) is 0 Å². The van der Waals surface area contributed by atoms with Crippen molar-refractivity contribution in [3.05, 3.63) is 30.1 Å². The largest absolute Gasteiger partial charge is 0.334 e. The number of nitrogens with one attached hydrogen (secondary N) is 2. The standard InChI is InChI=1S/C13H18FN3O/c1-13(2)10(15)7-11(13)17-12(18)16-9-6-4-3-5-8(9)14/h3-6,10-11H,7,15H2,1-2H3,(H2,16,17,18). The Morgan fingerprint density at radius 2 is 2.11 bits per heavy atom. The van der Waals surface area contributed by atoms with E-state index in [2.05, 4.69) is 10.6 Å². The van der Waals surface area contributed by atoms with Gasteiger partial charge in [-0.1, -0.05) is 26.0 Å². The van der Waals surface area contributed by atoms with Gasteiger partial charge in [0.05, 0.1) is 5.69 Å². The third-order valence-corrected chi connectivity index (χ3v) is 3.77. The summed E-state index contributed by atoms with van der Waals surface area (Å²) < 4.78 is 13.3. The number of anilines is 1. The van der Waals surface area contributed by atoms with Crippen LogP contribution in [0.4, 0.5) is 14.9 Å². The Morgan fingerprint density at radius 3 is 2.67 bits per heavy atom. The molecule has 0 radical (unpaired) electrons. The fourth-order valence-electron chi connectivity index (χ4n) is 2.08. The minimum Gasteiger partial charge on any atom is -0.334 e. The molecule has 1 aliphatic carbocycles. The van der Waals surface area contributed by atoms with E-state index in [4.69, 9.17) is 5.73 Å². The van der Waals surface area contributed by atoms with Gasteiger partial charge in [0.25, 0.3) is 0 Å². The molecule has 0 bridgehead atoms. The van der Waals surface area contributed by atoms with Crippen molar-refractivity contribution in [3.63, 3.8) is 0 Å². The second-order valence-corrected chi connectivity index (χ2v) is 5.29. The number of hydrogen-bond donors (Lipinski definition) is 3. The topological polar surface area (TPSA) is 67.1 Å². The van der Waals surface area contributed by atoms with Crippen molar-refractivity contribution in [1.82, 2.24) is 5.32 Å². The Balaban J connectivity index is 1.93. The number of carbonyl (C=O) groups is 1. The van der Waals surface area contributed by atoms with Crippen LogP contribution in [0.3, 0.4) is 0 Å². The maximum Gasteiger partial charge on any atom is 0.319 e. The normalized spacial score (nSPS) is 25.1. The lowest BCUT2D eigenvalue weighted by molar-refractivity contribution is 0.0815. The summed E-state index contributed by atoms with van der Waals surface area (Å²) in [6.07, 6.45) is 0.748. The van der Waals surface area contributed by atoms with Crippen LogP contribution in [0.1, 0.15) is 20.3 Å². The molecule has 0 spiro atoms. The number of rotatable bonds is 2. The fraction of sp³-hybridized carbons (Fsp3) is 0.462. The number of benzene rings is 1. The summed E-state index contributed by atoms with van der Waals surface area (Å²) in [4.78, 5) is 11.7. The highest BCUT2D eigenvalue weighted by Crippen LogP contribution is 2.38. The first-order valence-electron chi connectivity index (χ1n) is 5.99. The Hall–Kier alpha value is -1.62. The highest BCUT2D eigenvalue weighted by atomic mass is 19.1. The quantitative estimate of drug-likeness (QED) is 0.753. The number of halogens is 1. The molecule has 1 aliphatic rings. The SMILES string of the molecule is CC1(C)C(N)CC1NC(=O)Nc1ccccc1F. The van der Waals surface area contributed by atoms with E-state index in [0.717, 1.165) is 6.42 Å². The van der Waals surface area contributed by atoms with Gasteiger partial charge in [0.1, 0.15) is 5.82 Å². The van der Waals surface area contributed by atoms with Gasteiger partial charge >= 0.3 is 6.03 Å². The molecule has 1 fully saturated rings. The first-order valence-corrected chi connectivity index (χ1v) is 5.99. The summed E-state index contributed by atoms with van der Waals surface area (Å²) in [7, 11) is 0. The predicted molar refractivity (Wildman–Crippen MR) is 68.7 cm³/mol. The van der Waals surface area contributed by atoms with E-state index in [1.54, 1.807) is 12.1 Å². The van der Waals surface area contributed by atoms with Gasteiger partial charge in [-0.2, -0.15) is 0 Å². The molecule has 4 N–H and O–H groups in total. The Labute approximate surface area is 106 Å².